The molecule has 36 heavy (non-hydrogen) atoms. The van der Waals surface area contributed by atoms with E-state index < -0.39 is 18.3 Å². The standard InChI is InChI=1S/C26H25FN6O3/c1-15-4-3-5-16(2)24(15)32-26-25(31-22-7-6-18(27)13-33(22)26)23-17(12-29)10-19(35-9-8-28)11-20(23)36-14-21(30)34/h3-7,10-11,13,32H,8-9,14,28H2,1-2H3,(H2,30,34). The van der Waals surface area contributed by atoms with Crippen LogP contribution in [0.25, 0.3) is 16.9 Å². The van der Waals surface area contributed by atoms with Crippen molar-refractivity contribution in [3.63, 3.8) is 0 Å². The van der Waals surface area contributed by atoms with Crippen LogP contribution < -0.4 is 26.3 Å². The van der Waals surface area contributed by atoms with E-state index in [9.17, 15) is 14.4 Å². The largest absolute Gasteiger partial charge is 0.492 e. The van der Waals surface area contributed by atoms with Gasteiger partial charge < -0.3 is 26.3 Å². The maximum atomic E-state index is 14.3. The first-order valence-electron chi connectivity index (χ1n) is 11.2. The van der Waals surface area contributed by atoms with Crippen LogP contribution in [0, 0.1) is 31.0 Å². The van der Waals surface area contributed by atoms with Crippen molar-refractivity contribution in [3.05, 3.63) is 71.2 Å². The van der Waals surface area contributed by atoms with Gasteiger partial charge >= 0.3 is 0 Å². The Kier molecular flexibility index (Phi) is 7.03. The summed E-state index contributed by atoms with van der Waals surface area (Å²) < 4.78 is 27.2. The summed E-state index contributed by atoms with van der Waals surface area (Å²) in [5.74, 6) is -0.253. The highest BCUT2D eigenvalue weighted by Crippen LogP contribution is 2.42. The number of primary amides is 1. The fourth-order valence-corrected chi connectivity index (χ4v) is 3.89. The lowest BCUT2D eigenvalue weighted by Gasteiger charge is -2.17. The fraction of sp³-hybridized carbons (Fsp3) is 0.192. The molecule has 0 bridgehead atoms. The predicted octanol–water partition coefficient (Wildman–Crippen LogP) is 3.57. The van der Waals surface area contributed by atoms with E-state index in [-0.39, 0.29) is 24.5 Å². The van der Waals surface area contributed by atoms with Gasteiger partial charge in [0.15, 0.2) is 6.61 Å². The molecule has 0 unspecified atom stereocenters. The number of nitrogens with two attached hydrogens (primary N) is 2. The summed E-state index contributed by atoms with van der Waals surface area (Å²) in [4.78, 5) is 16.2. The van der Waals surface area contributed by atoms with E-state index in [2.05, 4.69) is 11.4 Å². The van der Waals surface area contributed by atoms with Gasteiger partial charge in [0.1, 0.15) is 47.2 Å². The van der Waals surface area contributed by atoms with E-state index in [4.69, 9.17) is 25.9 Å². The van der Waals surface area contributed by atoms with Crippen molar-refractivity contribution in [2.75, 3.05) is 25.1 Å². The number of fused-ring (bicyclic) bond motifs is 1. The van der Waals surface area contributed by atoms with Gasteiger partial charge in [-0.1, -0.05) is 18.2 Å². The van der Waals surface area contributed by atoms with Gasteiger partial charge in [0, 0.05) is 24.5 Å². The molecule has 0 spiro atoms. The molecule has 5 N–H and O–H groups in total. The van der Waals surface area contributed by atoms with Crippen molar-refractivity contribution >= 4 is 23.1 Å². The van der Waals surface area contributed by atoms with Gasteiger partial charge in [-0.05, 0) is 43.2 Å². The Labute approximate surface area is 207 Å². The van der Waals surface area contributed by atoms with E-state index in [1.165, 1.54) is 24.4 Å². The van der Waals surface area contributed by atoms with Crippen molar-refractivity contribution in [3.8, 4) is 28.8 Å². The molecular formula is C26H25FN6O3. The van der Waals surface area contributed by atoms with E-state index in [0.29, 0.717) is 28.5 Å². The molecule has 0 aliphatic carbocycles. The van der Waals surface area contributed by atoms with E-state index in [0.717, 1.165) is 16.8 Å². The number of aromatic nitrogens is 2. The quantitative estimate of drug-likeness (QED) is 0.327. The molecule has 0 atom stereocenters. The summed E-state index contributed by atoms with van der Waals surface area (Å²) >= 11 is 0. The van der Waals surface area contributed by atoms with Gasteiger partial charge in [-0.3, -0.25) is 9.20 Å². The van der Waals surface area contributed by atoms with Crippen LogP contribution in [-0.2, 0) is 4.79 Å². The SMILES string of the molecule is Cc1cccc(C)c1Nc1c(-c2c(C#N)cc(OCCN)cc2OCC(N)=O)nc2ccc(F)cn12. The number of ether oxygens (including phenoxy) is 2. The number of amides is 1. The number of halogens is 1. The number of rotatable bonds is 9. The van der Waals surface area contributed by atoms with Crippen LogP contribution in [0.5, 0.6) is 11.5 Å². The van der Waals surface area contributed by atoms with Crippen molar-refractivity contribution in [2.24, 2.45) is 11.5 Å². The van der Waals surface area contributed by atoms with Crippen molar-refractivity contribution < 1.29 is 18.7 Å². The normalized spacial score (nSPS) is 10.8. The number of hydrogen-bond donors (Lipinski definition) is 3. The Bertz CT molecular complexity index is 1470. The molecule has 1 amide bonds. The average Bonchev–Trinajstić information content (AvgIpc) is 3.20. The fourth-order valence-electron chi connectivity index (χ4n) is 3.89. The highest BCUT2D eigenvalue weighted by atomic mass is 19.1. The van der Waals surface area contributed by atoms with Crippen LogP contribution in [-0.4, -0.2) is 35.1 Å². The Balaban J connectivity index is 1.99. The molecule has 0 radical (unpaired) electrons. The summed E-state index contributed by atoms with van der Waals surface area (Å²) in [5.41, 5.74) is 14.8. The molecule has 2 heterocycles. The van der Waals surface area contributed by atoms with Gasteiger partial charge in [0.25, 0.3) is 5.91 Å². The minimum atomic E-state index is -0.696. The van der Waals surface area contributed by atoms with Crippen LogP contribution >= 0.6 is 0 Å². The van der Waals surface area contributed by atoms with Gasteiger partial charge in [0.2, 0.25) is 0 Å². The van der Waals surface area contributed by atoms with Crippen LogP contribution in [0.15, 0.2) is 48.7 Å². The zero-order valence-electron chi connectivity index (χ0n) is 19.8. The van der Waals surface area contributed by atoms with E-state index in [1.54, 1.807) is 10.5 Å². The van der Waals surface area contributed by atoms with Crippen LogP contribution in [0.4, 0.5) is 15.9 Å². The number of hydrogen-bond acceptors (Lipinski definition) is 7. The summed E-state index contributed by atoms with van der Waals surface area (Å²) in [6, 6.07) is 13.9. The topological polar surface area (TPSA) is 141 Å². The lowest BCUT2D eigenvalue weighted by molar-refractivity contribution is -0.119. The number of nitrogens with one attached hydrogen (secondary N) is 1. The molecule has 4 aromatic rings. The molecule has 9 nitrogen and oxygen atoms in total. The van der Waals surface area contributed by atoms with Gasteiger partial charge in [-0.2, -0.15) is 5.26 Å². The molecule has 0 aliphatic heterocycles. The molecule has 2 aromatic heterocycles. The molecule has 0 fully saturated rings. The molecule has 4 rings (SSSR count). The Morgan fingerprint density at radius 3 is 2.61 bits per heavy atom. The third-order valence-corrected chi connectivity index (χ3v) is 5.50. The van der Waals surface area contributed by atoms with Crippen LogP contribution in [0.1, 0.15) is 16.7 Å². The van der Waals surface area contributed by atoms with E-state index in [1.807, 2.05) is 32.0 Å². The van der Waals surface area contributed by atoms with E-state index >= 15 is 0 Å². The second kappa shape index (κ2) is 10.3. The summed E-state index contributed by atoms with van der Waals surface area (Å²) in [6.07, 6.45) is 1.30. The summed E-state index contributed by atoms with van der Waals surface area (Å²) in [7, 11) is 0. The van der Waals surface area contributed by atoms with Crippen LogP contribution in [0.3, 0.4) is 0 Å². The number of pyridine rings is 1. The first kappa shape index (κ1) is 24.5. The molecule has 0 saturated carbocycles. The minimum Gasteiger partial charge on any atom is -0.492 e. The number of para-hydroxylation sites is 1. The third kappa shape index (κ3) is 4.92. The zero-order valence-corrected chi connectivity index (χ0v) is 19.8. The van der Waals surface area contributed by atoms with Crippen molar-refractivity contribution in [1.82, 2.24) is 9.38 Å². The third-order valence-electron chi connectivity index (χ3n) is 5.50. The number of aryl methyl sites for hydroxylation is 2. The van der Waals surface area contributed by atoms with Gasteiger partial charge in [-0.25, -0.2) is 9.37 Å². The Morgan fingerprint density at radius 2 is 1.94 bits per heavy atom. The lowest BCUT2D eigenvalue weighted by Crippen LogP contribution is -2.20. The number of imidazole rings is 1. The molecule has 184 valence electrons. The van der Waals surface area contributed by atoms with Gasteiger partial charge in [0.05, 0.1) is 11.1 Å². The number of nitrogens with zero attached hydrogens (tertiary/aromatic N) is 3. The maximum Gasteiger partial charge on any atom is 0.255 e. The minimum absolute atomic E-state index is 0.160. The number of anilines is 2. The predicted molar refractivity (Wildman–Crippen MR) is 134 cm³/mol. The average molecular weight is 489 g/mol. The second-order valence-corrected chi connectivity index (χ2v) is 8.12. The number of carbonyl (C=O) groups is 1. The molecular weight excluding hydrogens is 463 g/mol. The van der Waals surface area contributed by atoms with Crippen molar-refractivity contribution in [1.29, 1.82) is 5.26 Å². The Hall–Kier alpha value is -4.62. The highest BCUT2D eigenvalue weighted by Gasteiger charge is 2.24. The number of nitriles is 1. The van der Waals surface area contributed by atoms with Gasteiger partial charge in [-0.15, -0.1) is 0 Å². The zero-order chi connectivity index (χ0) is 25.8. The van der Waals surface area contributed by atoms with Crippen LogP contribution in [0.2, 0.25) is 0 Å². The second-order valence-electron chi connectivity index (χ2n) is 8.12. The number of benzene rings is 2. The monoisotopic (exact) mass is 488 g/mol. The highest BCUT2D eigenvalue weighted by molar-refractivity contribution is 5.87. The molecule has 2 aromatic carbocycles. The first-order chi connectivity index (χ1) is 17.3. The molecule has 10 heteroatoms. The maximum absolute atomic E-state index is 14.3. The summed E-state index contributed by atoms with van der Waals surface area (Å²) in [5, 5.41) is 13.4. The smallest absolute Gasteiger partial charge is 0.255 e. The molecule has 0 saturated heterocycles. The number of carbonyl (C=O) groups excluding carboxylic acids is 1. The molecule has 0 aliphatic rings. The first-order valence-corrected chi connectivity index (χ1v) is 11.2. The van der Waals surface area contributed by atoms with Crippen molar-refractivity contribution in [2.45, 2.75) is 13.8 Å². The lowest BCUT2D eigenvalue weighted by atomic mass is 10.0. The Morgan fingerprint density at radius 1 is 1.19 bits per heavy atom. The summed E-state index contributed by atoms with van der Waals surface area (Å²) in [6.45, 7) is 3.95.